The van der Waals surface area contributed by atoms with E-state index in [9.17, 15) is 18.0 Å². The molecule has 1 saturated heterocycles. The van der Waals surface area contributed by atoms with Crippen molar-refractivity contribution >= 4 is 43.4 Å². The summed E-state index contributed by atoms with van der Waals surface area (Å²) in [7, 11) is -3.53. The van der Waals surface area contributed by atoms with E-state index in [4.69, 9.17) is 0 Å². The second-order valence-electron chi connectivity index (χ2n) is 6.84. The van der Waals surface area contributed by atoms with Crippen LogP contribution >= 0.6 is 15.9 Å². The lowest BCUT2D eigenvalue weighted by molar-refractivity contribution is -0.121. The van der Waals surface area contributed by atoms with Gasteiger partial charge in [-0.1, -0.05) is 19.1 Å². The standard InChI is InChI=1S/C20H22BrN3O4S/c1-2-29(27,28)17-8-4-3-7-16(17)20(26)24-11-5-6-14(13-24)19(25)23-18-10-9-15(21)12-22-18/h3-4,7-10,12,14H,2,5-6,11,13H2,1H3,(H,22,23,25). The van der Waals surface area contributed by atoms with E-state index in [2.05, 4.69) is 26.2 Å². The van der Waals surface area contributed by atoms with E-state index in [0.717, 1.165) is 4.47 Å². The Bertz CT molecular complexity index is 1010. The van der Waals surface area contributed by atoms with Crippen LogP contribution in [-0.4, -0.2) is 49.0 Å². The zero-order valence-electron chi connectivity index (χ0n) is 16.0. The van der Waals surface area contributed by atoms with Crippen molar-refractivity contribution in [3.05, 3.63) is 52.6 Å². The molecule has 1 aromatic carbocycles. The molecule has 9 heteroatoms. The molecule has 2 amide bonds. The maximum atomic E-state index is 13.1. The zero-order valence-corrected chi connectivity index (χ0v) is 18.4. The van der Waals surface area contributed by atoms with Crippen LogP contribution in [0.2, 0.25) is 0 Å². The van der Waals surface area contributed by atoms with Gasteiger partial charge in [-0.2, -0.15) is 0 Å². The first kappa shape index (κ1) is 21.4. The average Bonchev–Trinajstić information content (AvgIpc) is 2.75. The normalized spacial score (nSPS) is 17.0. The van der Waals surface area contributed by atoms with Crippen molar-refractivity contribution < 1.29 is 18.0 Å². The molecule has 29 heavy (non-hydrogen) atoms. The fourth-order valence-electron chi connectivity index (χ4n) is 3.29. The number of likely N-dealkylation sites (tertiary alicyclic amines) is 1. The topological polar surface area (TPSA) is 96.4 Å². The second kappa shape index (κ2) is 9.04. The van der Waals surface area contributed by atoms with E-state index in [-0.39, 0.29) is 40.5 Å². The van der Waals surface area contributed by atoms with Crippen molar-refractivity contribution in [3.63, 3.8) is 0 Å². The number of hydrogen-bond donors (Lipinski definition) is 1. The summed E-state index contributed by atoms with van der Waals surface area (Å²) in [5.41, 5.74) is 0.157. The molecule has 2 heterocycles. The molecule has 0 aliphatic carbocycles. The lowest BCUT2D eigenvalue weighted by Crippen LogP contribution is -2.44. The molecule has 1 atom stereocenters. The number of nitrogens with zero attached hydrogens (tertiary/aromatic N) is 2. The molecule has 1 N–H and O–H groups in total. The van der Waals surface area contributed by atoms with Gasteiger partial charge in [-0.05, 0) is 53.0 Å². The number of sulfone groups is 1. The van der Waals surface area contributed by atoms with E-state index in [1.54, 1.807) is 42.3 Å². The Morgan fingerprint density at radius 1 is 1.24 bits per heavy atom. The van der Waals surface area contributed by atoms with Crippen LogP contribution in [0.4, 0.5) is 5.82 Å². The fourth-order valence-corrected chi connectivity index (χ4v) is 4.62. The molecule has 2 aromatic rings. The highest BCUT2D eigenvalue weighted by molar-refractivity contribution is 9.10. The minimum absolute atomic E-state index is 0.0399. The van der Waals surface area contributed by atoms with E-state index in [1.807, 2.05) is 0 Å². The minimum Gasteiger partial charge on any atom is -0.338 e. The highest BCUT2D eigenvalue weighted by atomic mass is 79.9. The maximum absolute atomic E-state index is 13.1. The summed E-state index contributed by atoms with van der Waals surface area (Å²) in [6.07, 6.45) is 2.92. The molecule has 1 aliphatic heterocycles. The van der Waals surface area contributed by atoms with Gasteiger partial charge in [0.2, 0.25) is 5.91 Å². The summed E-state index contributed by atoms with van der Waals surface area (Å²) >= 11 is 3.30. The van der Waals surface area contributed by atoms with Gasteiger partial charge in [0.25, 0.3) is 5.91 Å². The van der Waals surface area contributed by atoms with Gasteiger partial charge in [0.15, 0.2) is 9.84 Å². The first-order valence-electron chi connectivity index (χ1n) is 9.35. The number of amides is 2. The van der Waals surface area contributed by atoms with Gasteiger partial charge >= 0.3 is 0 Å². The van der Waals surface area contributed by atoms with Crippen molar-refractivity contribution in [2.45, 2.75) is 24.7 Å². The molecule has 1 aromatic heterocycles. The number of piperidine rings is 1. The first-order chi connectivity index (χ1) is 13.8. The van der Waals surface area contributed by atoms with Gasteiger partial charge in [0.1, 0.15) is 5.82 Å². The summed E-state index contributed by atoms with van der Waals surface area (Å²) in [6, 6.07) is 9.72. The summed E-state index contributed by atoms with van der Waals surface area (Å²) in [4.78, 5) is 31.4. The molecule has 7 nitrogen and oxygen atoms in total. The number of pyridine rings is 1. The summed E-state index contributed by atoms with van der Waals surface area (Å²) < 4.78 is 25.5. The van der Waals surface area contributed by atoms with Crippen LogP contribution in [0.5, 0.6) is 0 Å². The van der Waals surface area contributed by atoms with Gasteiger partial charge in [-0.3, -0.25) is 9.59 Å². The van der Waals surface area contributed by atoms with Crippen LogP contribution < -0.4 is 5.32 Å². The molecule has 154 valence electrons. The van der Waals surface area contributed by atoms with Crippen LogP contribution in [-0.2, 0) is 14.6 Å². The number of hydrogen-bond acceptors (Lipinski definition) is 5. The smallest absolute Gasteiger partial charge is 0.255 e. The first-order valence-corrected chi connectivity index (χ1v) is 11.8. The molecule has 0 radical (unpaired) electrons. The van der Waals surface area contributed by atoms with E-state index in [0.29, 0.717) is 25.2 Å². The van der Waals surface area contributed by atoms with Crippen LogP contribution in [0.1, 0.15) is 30.1 Å². The molecule has 3 rings (SSSR count). The van der Waals surface area contributed by atoms with E-state index < -0.39 is 9.84 Å². The number of carbonyl (C=O) groups excluding carboxylic acids is 2. The zero-order chi connectivity index (χ0) is 21.0. The average molecular weight is 480 g/mol. The fraction of sp³-hybridized carbons (Fsp3) is 0.350. The Labute approximate surface area is 178 Å². The van der Waals surface area contributed by atoms with Crippen LogP contribution in [0, 0.1) is 5.92 Å². The quantitative estimate of drug-likeness (QED) is 0.710. The van der Waals surface area contributed by atoms with Crippen molar-refractivity contribution in [2.24, 2.45) is 5.92 Å². The molecule has 1 fully saturated rings. The van der Waals surface area contributed by atoms with E-state index >= 15 is 0 Å². The molecule has 0 spiro atoms. The van der Waals surface area contributed by atoms with Gasteiger partial charge in [0.05, 0.1) is 22.1 Å². The van der Waals surface area contributed by atoms with Gasteiger partial charge in [-0.25, -0.2) is 13.4 Å². The monoisotopic (exact) mass is 479 g/mol. The molecule has 1 unspecified atom stereocenters. The van der Waals surface area contributed by atoms with E-state index in [1.165, 1.54) is 12.1 Å². The van der Waals surface area contributed by atoms with Gasteiger partial charge in [-0.15, -0.1) is 0 Å². The Morgan fingerprint density at radius 2 is 2.00 bits per heavy atom. The lowest BCUT2D eigenvalue weighted by Gasteiger charge is -2.32. The number of aromatic nitrogens is 1. The predicted octanol–water partition coefficient (Wildman–Crippen LogP) is 3.13. The van der Waals surface area contributed by atoms with Crippen molar-refractivity contribution in [2.75, 3.05) is 24.2 Å². The lowest BCUT2D eigenvalue weighted by atomic mass is 9.96. The third kappa shape index (κ3) is 5.02. The number of carbonyl (C=O) groups is 2. The largest absolute Gasteiger partial charge is 0.338 e. The Morgan fingerprint density at radius 3 is 2.69 bits per heavy atom. The predicted molar refractivity (Wildman–Crippen MR) is 113 cm³/mol. The summed E-state index contributed by atoms with van der Waals surface area (Å²) in [6.45, 7) is 2.27. The van der Waals surface area contributed by atoms with Crippen LogP contribution in [0.15, 0.2) is 52.0 Å². The van der Waals surface area contributed by atoms with Gasteiger partial charge < -0.3 is 10.2 Å². The molecular formula is C20H22BrN3O4S. The van der Waals surface area contributed by atoms with Crippen LogP contribution in [0.3, 0.4) is 0 Å². The van der Waals surface area contributed by atoms with Crippen molar-refractivity contribution in [1.82, 2.24) is 9.88 Å². The Hall–Kier alpha value is -2.26. The molecule has 0 saturated carbocycles. The van der Waals surface area contributed by atoms with Crippen LogP contribution in [0.25, 0.3) is 0 Å². The number of benzene rings is 1. The minimum atomic E-state index is -3.53. The van der Waals surface area contributed by atoms with Gasteiger partial charge in [0, 0.05) is 23.8 Å². The molecular weight excluding hydrogens is 458 g/mol. The SMILES string of the molecule is CCS(=O)(=O)c1ccccc1C(=O)N1CCCC(C(=O)Nc2ccc(Br)cn2)C1. The Balaban J connectivity index is 1.75. The maximum Gasteiger partial charge on any atom is 0.255 e. The molecule has 0 bridgehead atoms. The highest BCUT2D eigenvalue weighted by Gasteiger charge is 2.31. The highest BCUT2D eigenvalue weighted by Crippen LogP contribution is 2.24. The second-order valence-corrected chi connectivity index (χ2v) is 10.0. The van der Waals surface area contributed by atoms with Crippen molar-refractivity contribution in [3.8, 4) is 0 Å². The number of anilines is 1. The number of nitrogens with one attached hydrogen (secondary N) is 1. The summed E-state index contributed by atoms with van der Waals surface area (Å²) in [5.74, 6) is -0.583. The third-order valence-corrected chi connectivity index (χ3v) is 7.15. The van der Waals surface area contributed by atoms with Crippen molar-refractivity contribution in [1.29, 1.82) is 0 Å². The molecule has 1 aliphatic rings. The number of rotatable bonds is 5. The third-order valence-electron chi connectivity index (χ3n) is 4.89. The number of halogens is 1. The summed E-state index contributed by atoms with van der Waals surface area (Å²) in [5, 5.41) is 2.78. The Kier molecular flexibility index (Phi) is 6.69.